The monoisotopic (exact) mass is 136 g/mol. The zero-order chi connectivity index (χ0) is 7.11. The van der Waals surface area contributed by atoms with E-state index in [2.05, 4.69) is 4.74 Å². The third-order valence-corrected chi connectivity index (χ3v) is 0.532. The van der Waals surface area contributed by atoms with Crippen molar-refractivity contribution in [3.63, 3.8) is 0 Å². The lowest BCUT2D eigenvalue weighted by molar-refractivity contribution is -0.139. The molecule has 0 fully saturated rings. The molecule has 0 aliphatic carbocycles. The van der Waals surface area contributed by atoms with Crippen LogP contribution in [0.5, 0.6) is 0 Å². The summed E-state index contributed by atoms with van der Waals surface area (Å²) in [6.07, 6.45) is 0.684. The highest BCUT2D eigenvalue weighted by Crippen LogP contribution is 1.87. The van der Waals surface area contributed by atoms with E-state index in [1.54, 1.807) is 0 Å². The average molecular weight is 136 g/mol. The summed E-state index contributed by atoms with van der Waals surface area (Å²) in [6, 6.07) is 0. The summed E-state index contributed by atoms with van der Waals surface area (Å²) in [5.74, 6) is -0.841. The Morgan fingerprint density at radius 1 is 1.67 bits per heavy atom. The van der Waals surface area contributed by atoms with Crippen LogP contribution in [0.4, 0.5) is 8.78 Å². The molecule has 0 saturated carbocycles. The van der Waals surface area contributed by atoms with Gasteiger partial charge in [-0.15, -0.1) is 0 Å². The Labute approximate surface area is 51.8 Å². The van der Waals surface area contributed by atoms with Crippen LogP contribution in [-0.2, 0) is 9.53 Å². The molecule has 50 valence electrons. The maximum absolute atomic E-state index is 11.2. The van der Waals surface area contributed by atoms with E-state index in [1.165, 1.54) is 0 Å². The van der Waals surface area contributed by atoms with E-state index in [0.717, 1.165) is 0 Å². The fraction of sp³-hybridized carbons (Fsp3) is 0.400. The third-order valence-electron chi connectivity index (χ3n) is 0.532. The molecule has 0 aromatic carbocycles. The molecule has 0 spiro atoms. The van der Waals surface area contributed by atoms with Gasteiger partial charge in [-0.3, -0.25) is 0 Å². The van der Waals surface area contributed by atoms with E-state index < -0.39 is 19.3 Å². The maximum atomic E-state index is 11.2. The van der Waals surface area contributed by atoms with Crippen molar-refractivity contribution in [1.29, 1.82) is 0 Å². The maximum Gasteiger partial charge on any atom is 0.502 e. The van der Waals surface area contributed by atoms with Gasteiger partial charge >= 0.3 is 12.6 Å². The van der Waals surface area contributed by atoms with Crippen LogP contribution in [-0.4, -0.2) is 19.3 Å². The molecule has 0 N–H and O–H groups in total. The first-order valence-corrected chi connectivity index (χ1v) is 2.29. The standard InChI is InChI=1S/C5H6F2O2/c6-2-1-5(8)9-4-3-7/h1,3H,2,4H2/q+2. The first kappa shape index (κ1) is 8.07. The lowest BCUT2D eigenvalue weighted by Crippen LogP contribution is -2.06. The van der Waals surface area contributed by atoms with Gasteiger partial charge in [0.1, 0.15) is 0 Å². The predicted molar refractivity (Wildman–Crippen MR) is 26.6 cm³/mol. The second-order valence-electron chi connectivity index (χ2n) is 1.14. The average Bonchev–Trinajstić information content (AvgIpc) is 1.85. The molecule has 0 amide bonds. The van der Waals surface area contributed by atoms with Crippen molar-refractivity contribution in [2.75, 3.05) is 13.3 Å². The van der Waals surface area contributed by atoms with E-state index in [9.17, 15) is 13.6 Å². The minimum atomic E-state index is -0.884. The smallest absolute Gasteiger partial charge is 0.383 e. The molecule has 0 unspecified atom stereocenters. The highest BCUT2D eigenvalue weighted by molar-refractivity contribution is 5.78. The molecule has 0 heterocycles. The zero-order valence-electron chi connectivity index (χ0n) is 4.64. The molecule has 0 saturated heterocycles. The van der Waals surface area contributed by atoms with Crippen LogP contribution in [0.15, 0.2) is 0 Å². The van der Waals surface area contributed by atoms with Crippen LogP contribution in [0, 0.1) is 13.1 Å². The van der Waals surface area contributed by atoms with Crippen molar-refractivity contribution in [1.82, 2.24) is 0 Å². The minimum absolute atomic E-state index is 0.171. The van der Waals surface area contributed by atoms with Gasteiger partial charge in [-0.2, -0.15) is 9.18 Å². The Hall–Kier alpha value is -0.930. The van der Waals surface area contributed by atoms with Crippen molar-refractivity contribution in [2.45, 2.75) is 0 Å². The largest absolute Gasteiger partial charge is 0.502 e. The SMILES string of the molecule is O=C([CH+]CF)OC[CH+]F. The van der Waals surface area contributed by atoms with Crippen LogP contribution in [0.1, 0.15) is 0 Å². The number of alkyl halides is 1. The van der Waals surface area contributed by atoms with Gasteiger partial charge in [0.15, 0.2) is 0 Å². The summed E-state index contributed by atoms with van der Waals surface area (Å²) >= 11 is 0. The van der Waals surface area contributed by atoms with Crippen molar-refractivity contribution < 1.29 is 18.3 Å². The Morgan fingerprint density at radius 3 is 2.78 bits per heavy atom. The van der Waals surface area contributed by atoms with Gasteiger partial charge in [0.25, 0.3) is 6.61 Å². The molecule has 4 heteroatoms. The van der Waals surface area contributed by atoms with Gasteiger partial charge in [-0.05, 0) is 4.39 Å². The van der Waals surface area contributed by atoms with Gasteiger partial charge in [-0.25, -0.2) is 0 Å². The highest BCUT2D eigenvalue weighted by Gasteiger charge is 2.14. The number of esters is 1. The topological polar surface area (TPSA) is 26.3 Å². The summed E-state index contributed by atoms with van der Waals surface area (Å²) in [6.45, 7) is -1.13. The lowest BCUT2D eigenvalue weighted by Gasteiger charge is -1.83. The van der Waals surface area contributed by atoms with Crippen molar-refractivity contribution in [3.05, 3.63) is 13.1 Å². The minimum Gasteiger partial charge on any atom is -0.383 e. The van der Waals surface area contributed by atoms with Crippen LogP contribution in [0.25, 0.3) is 0 Å². The van der Waals surface area contributed by atoms with Crippen LogP contribution in [0.3, 0.4) is 0 Å². The van der Waals surface area contributed by atoms with E-state index in [0.29, 0.717) is 6.42 Å². The molecule has 0 bridgehead atoms. The van der Waals surface area contributed by atoms with Gasteiger partial charge < -0.3 is 4.74 Å². The van der Waals surface area contributed by atoms with Gasteiger partial charge in [-0.1, -0.05) is 0 Å². The second kappa shape index (κ2) is 5.21. The van der Waals surface area contributed by atoms with Crippen molar-refractivity contribution in [2.24, 2.45) is 0 Å². The number of carbonyl (C=O) groups excluding carboxylic acids is 1. The summed E-state index contributed by atoms with van der Waals surface area (Å²) in [5.41, 5.74) is 0. The molecule has 9 heavy (non-hydrogen) atoms. The summed E-state index contributed by atoms with van der Waals surface area (Å²) in [4.78, 5) is 10.1. The first-order valence-electron chi connectivity index (χ1n) is 2.29. The molecule has 0 radical (unpaired) electrons. The van der Waals surface area contributed by atoms with E-state index >= 15 is 0 Å². The van der Waals surface area contributed by atoms with E-state index in [1.807, 2.05) is 0 Å². The third kappa shape index (κ3) is 4.93. The Bertz CT molecular complexity index is 85.0. The molecule has 2 nitrogen and oxygen atoms in total. The summed E-state index contributed by atoms with van der Waals surface area (Å²) < 4.78 is 26.4. The molecule has 0 rings (SSSR count). The quantitative estimate of drug-likeness (QED) is 0.422. The van der Waals surface area contributed by atoms with E-state index in [4.69, 9.17) is 0 Å². The van der Waals surface area contributed by atoms with Crippen molar-refractivity contribution >= 4 is 5.97 Å². The van der Waals surface area contributed by atoms with Gasteiger partial charge in [0.05, 0.1) is 0 Å². The number of carbonyl (C=O) groups is 1. The predicted octanol–water partition coefficient (Wildman–Crippen LogP) is 0.835. The highest BCUT2D eigenvalue weighted by atomic mass is 19.1. The number of hydrogen-bond donors (Lipinski definition) is 0. The number of rotatable bonds is 4. The molecule has 0 atom stereocenters. The normalized spacial score (nSPS) is 8.22. The second-order valence-corrected chi connectivity index (χ2v) is 1.14. The fourth-order valence-electron chi connectivity index (χ4n) is 0.236. The molecule has 0 aliphatic rings. The summed E-state index contributed by atoms with van der Waals surface area (Å²) in [5, 5.41) is 0. The molecule has 0 aliphatic heterocycles. The first-order chi connectivity index (χ1) is 4.31. The van der Waals surface area contributed by atoms with E-state index in [-0.39, 0.29) is 6.67 Å². The summed E-state index contributed by atoms with van der Waals surface area (Å²) in [7, 11) is 0. The van der Waals surface area contributed by atoms with Gasteiger partial charge in [0, 0.05) is 0 Å². The Morgan fingerprint density at radius 2 is 2.33 bits per heavy atom. The number of halogens is 2. The molecular weight excluding hydrogens is 130 g/mol. The molecule has 0 aromatic rings. The van der Waals surface area contributed by atoms with Crippen LogP contribution >= 0.6 is 0 Å². The van der Waals surface area contributed by atoms with Gasteiger partial charge in [0.2, 0.25) is 13.1 Å². The number of hydrogen-bond acceptors (Lipinski definition) is 2. The fourth-order valence-corrected chi connectivity index (χ4v) is 0.236. The zero-order valence-corrected chi connectivity index (χ0v) is 4.64. The Kier molecular flexibility index (Phi) is 4.67. The van der Waals surface area contributed by atoms with Crippen LogP contribution < -0.4 is 0 Å². The Balaban J connectivity index is 3.06. The number of ether oxygens (including phenoxy) is 1. The van der Waals surface area contributed by atoms with Crippen LogP contribution in [0.2, 0.25) is 0 Å². The molecule has 0 aromatic heterocycles. The lowest BCUT2D eigenvalue weighted by atomic mass is 10.5. The van der Waals surface area contributed by atoms with Crippen molar-refractivity contribution in [3.8, 4) is 0 Å². The molecular formula is C5H6F2O2+2.